The van der Waals surface area contributed by atoms with Gasteiger partial charge in [-0.2, -0.15) is 5.26 Å². The largest absolute Gasteiger partial charge is 0.490 e. The first kappa shape index (κ1) is 23.3. The SMILES string of the molecule is CCc1cccc(CC)c1-c1cc(OC(C)C)c(COc2nc(C)ccc2C#N)c(C)n1. The molecule has 0 spiro atoms. The van der Waals surface area contributed by atoms with E-state index in [2.05, 4.69) is 43.1 Å². The number of nitrogens with zero attached hydrogens (tertiary/aromatic N) is 3. The molecule has 0 radical (unpaired) electrons. The van der Waals surface area contributed by atoms with Gasteiger partial charge in [0.15, 0.2) is 0 Å². The molecule has 2 aromatic heterocycles. The second-order valence-corrected chi connectivity index (χ2v) is 8.10. The number of pyridine rings is 2. The van der Waals surface area contributed by atoms with Gasteiger partial charge in [0.25, 0.3) is 0 Å². The fourth-order valence-electron chi connectivity index (χ4n) is 3.77. The Hall–Kier alpha value is -3.39. The molecule has 0 atom stereocenters. The second-order valence-electron chi connectivity index (χ2n) is 8.10. The molecule has 1 aromatic carbocycles. The van der Waals surface area contributed by atoms with E-state index in [0.717, 1.165) is 41.2 Å². The topological polar surface area (TPSA) is 68.0 Å². The highest BCUT2D eigenvalue weighted by Gasteiger charge is 2.18. The Balaban J connectivity index is 2.06. The molecule has 3 rings (SSSR count). The molecule has 0 aliphatic rings. The molecule has 0 fully saturated rings. The molecule has 0 saturated heterocycles. The van der Waals surface area contributed by atoms with Crippen molar-refractivity contribution < 1.29 is 9.47 Å². The molecule has 0 aliphatic carbocycles. The lowest BCUT2D eigenvalue weighted by Crippen LogP contribution is -2.12. The molecule has 0 N–H and O–H groups in total. The second kappa shape index (κ2) is 10.3. The van der Waals surface area contributed by atoms with Crippen molar-refractivity contribution in [2.24, 2.45) is 0 Å². The maximum Gasteiger partial charge on any atom is 0.232 e. The Bertz CT molecular complexity index is 1120. The minimum absolute atomic E-state index is 0.00206. The summed E-state index contributed by atoms with van der Waals surface area (Å²) in [5, 5.41) is 9.39. The zero-order valence-corrected chi connectivity index (χ0v) is 19.8. The first-order valence-electron chi connectivity index (χ1n) is 11.2. The summed E-state index contributed by atoms with van der Waals surface area (Å²) in [5.74, 6) is 1.08. The number of aromatic nitrogens is 2. The summed E-state index contributed by atoms with van der Waals surface area (Å²) in [6.45, 7) is 12.4. The van der Waals surface area contributed by atoms with Gasteiger partial charge in [0.05, 0.1) is 17.4 Å². The number of nitriles is 1. The standard InChI is InChI=1S/C27H31N3O2/c1-7-20-10-9-11-21(8-2)26(20)24-14-25(32-17(3)4)23(19(6)30-24)16-31-27-22(15-28)13-12-18(5)29-27/h9-14,17H,7-8,16H2,1-6H3. The third kappa shape index (κ3) is 5.08. The molecular formula is C27H31N3O2. The zero-order chi connectivity index (χ0) is 23.3. The normalized spacial score (nSPS) is 10.8. The lowest BCUT2D eigenvalue weighted by atomic mass is 9.94. The highest BCUT2D eigenvalue weighted by atomic mass is 16.5. The highest BCUT2D eigenvalue weighted by molar-refractivity contribution is 5.70. The fourth-order valence-corrected chi connectivity index (χ4v) is 3.77. The van der Waals surface area contributed by atoms with E-state index in [1.807, 2.05) is 33.8 Å². The summed E-state index contributed by atoms with van der Waals surface area (Å²) >= 11 is 0. The van der Waals surface area contributed by atoms with Gasteiger partial charge in [-0.15, -0.1) is 0 Å². The van der Waals surface area contributed by atoms with Crippen LogP contribution in [0.2, 0.25) is 0 Å². The van der Waals surface area contributed by atoms with E-state index in [9.17, 15) is 5.26 Å². The van der Waals surface area contributed by atoms with Crippen LogP contribution in [0, 0.1) is 25.2 Å². The highest BCUT2D eigenvalue weighted by Crippen LogP contribution is 2.34. The minimum atomic E-state index is 0.00206. The smallest absolute Gasteiger partial charge is 0.232 e. The first-order valence-corrected chi connectivity index (χ1v) is 11.2. The Kier molecular flexibility index (Phi) is 7.48. The van der Waals surface area contributed by atoms with E-state index < -0.39 is 0 Å². The predicted molar refractivity (Wildman–Crippen MR) is 127 cm³/mol. The van der Waals surface area contributed by atoms with Crippen LogP contribution in [0.15, 0.2) is 36.4 Å². The van der Waals surface area contributed by atoms with Crippen LogP contribution >= 0.6 is 0 Å². The average molecular weight is 430 g/mol. The Morgan fingerprint density at radius 1 is 1.00 bits per heavy atom. The number of rotatable bonds is 8. The summed E-state index contributed by atoms with van der Waals surface area (Å²) < 4.78 is 12.2. The zero-order valence-electron chi connectivity index (χ0n) is 19.8. The lowest BCUT2D eigenvalue weighted by Gasteiger charge is -2.20. The van der Waals surface area contributed by atoms with E-state index >= 15 is 0 Å². The van der Waals surface area contributed by atoms with Crippen molar-refractivity contribution in [2.75, 3.05) is 0 Å². The van der Waals surface area contributed by atoms with E-state index in [4.69, 9.17) is 14.5 Å². The molecule has 166 valence electrons. The van der Waals surface area contributed by atoms with Crippen molar-refractivity contribution in [3.63, 3.8) is 0 Å². The number of hydrogen-bond acceptors (Lipinski definition) is 5. The number of hydrogen-bond donors (Lipinski definition) is 0. The molecular weight excluding hydrogens is 398 g/mol. The molecule has 32 heavy (non-hydrogen) atoms. The third-order valence-electron chi connectivity index (χ3n) is 5.38. The molecule has 0 aliphatic heterocycles. The van der Waals surface area contributed by atoms with Gasteiger partial charge in [0.2, 0.25) is 5.88 Å². The van der Waals surface area contributed by atoms with Crippen molar-refractivity contribution in [2.45, 2.75) is 67.1 Å². The summed E-state index contributed by atoms with van der Waals surface area (Å²) in [4.78, 5) is 9.34. The van der Waals surface area contributed by atoms with Gasteiger partial charge in [-0.25, -0.2) is 4.98 Å². The van der Waals surface area contributed by atoms with Crippen LogP contribution in [0.1, 0.15) is 61.3 Å². The van der Waals surface area contributed by atoms with Crippen LogP contribution in [0.5, 0.6) is 11.6 Å². The molecule has 2 heterocycles. The minimum Gasteiger partial charge on any atom is -0.490 e. The van der Waals surface area contributed by atoms with E-state index in [0.29, 0.717) is 11.4 Å². The summed E-state index contributed by atoms with van der Waals surface area (Å²) in [7, 11) is 0. The Morgan fingerprint density at radius 3 is 2.28 bits per heavy atom. The first-order chi connectivity index (χ1) is 15.4. The molecule has 0 amide bonds. The average Bonchev–Trinajstić information content (AvgIpc) is 2.77. The number of aryl methyl sites for hydroxylation is 4. The van der Waals surface area contributed by atoms with Gasteiger partial charge in [-0.3, -0.25) is 4.98 Å². The van der Waals surface area contributed by atoms with Gasteiger partial charge in [-0.1, -0.05) is 32.0 Å². The van der Waals surface area contributed by atoms with Crippen molar-refractivity contribution in [1.82, 2.24) is 9.97 Å². The molecule has 0 bridgehead atoms. The van der Waals surface area contributed by atoms with Crippen LogP contribution < -0.4 is 9.47 Å². The number of ether oxygens (including phenoxy) is 2. The fraction of sp³-hybridized carbons (Fsp3) is 0.370. The van der Waals surface area contributed by atoms with E-state index in [-0.39, 0.29) is 12.7 Å². The van der Waals surface area contributed by atoms with Gasteiger partial charge in [-0.05, 0) is 63.8 Å². The summed E-state index contributed by atoms with van der Waals surface area (Å²) in [6, 6.07) is 14.1. The van der Waals surface area contributed by atoms with E-state index in [1.54, 1.807) is 12.1 Å². The molecule has 0 unspecified atom stereocenters. The maximum atomic E-state index is 9.39. The van der Waals surface area contributed by atoms with E-state index in [1.165, 1.54) is 16.7 Å². The van der Waals surface area contributed by atoms with Crippen LogP contribution in [-0.2, 0) is 19.4 Å². The molecule has 5 nitrogen and oxygen atoms in total. The molecule has 5 heteroatoms. The quantitative estimate of drug-likeness (QED) is 0.431. The van der Waals surface area contributed by atoms with Crippen LogP contribution in [0.3, 0.4) is 0 Å². The van der Waals surface area contributed by atoms with Gasteiger partial charge in [0.1, 0.15) is 24.0 Å². The van der Waals surface area contributed by atoms with Gasteiger partial charge in [0, 0.05) is 23.0 Å². The Labute approximate surface area is 191 Å². The van der Waals surface area contributed by atoms with Gasteiger partial charge >= 0.3 is 0 Å². The van der Waals surface area contributed by atoms with Crippen molar-refractivity contribution >= 4 is 0 Å². The molecule has 3 aromatic rings. The number of benzene rings is 1. The summed E-state index contributed by atoms with van der Waals surface area (Å²) in [5.41, 5.74) is 7.58. The van der Waals surface area contributed by atoms with Crippen LogP contribution in [-0.4, -0.2) is 16.1 Å². The van der Waals surface area contributed by atoms with Crippen molar-refractivity contribution in [3.8, 4) is 29.0 Å². The van der Waals surface area contributed by atoms with Crippen LogP contribution in [0.4, 0.5) is 0 Å². The Morgan fingerprint density at radius 2 is 1.69 bits per heavy atom. The monoisotopic (exact) mass is 429 g/mol. The van der Waals surface area contributed by atoms with Gasteiger partial charge < -0.3 is 9.47 Å². The summed E-state index contributed by atoms with van der Waals surface area (Å²) in [6.07, 6.45) is 1.87. The van der Waals surface area contributed by atoms with Crippen molar-refractivity contribution in [1.29, 1.82) is 5.26 Å². The van der Waals surface area contributed by atoms with Crippen LogP contribution in [0.25, 0.3) is 11.3 Å². The maximum absolute atomic E-state index is 9.39. The molecule has 0 saturated carbocycles. The third-order valence-corrected chi connectivity index (χ3v) is 5.38. The van der Waals surface area contributed by atoms with Crippen molar-refractivity contribution in [3.05, 3.63) is 70.0 Å². The predicted octanol–water partition coefficient (Wildman–Crippen LogP) is 6.12. The lowest BCUT2D eigenvalue weighted by molar-refractivity contribution is 0.228.